The number of hydrazine groups is 1. The molecule has 0 aliphatic carbocycles. The summed E-state index contributed by atoms with van der Waals surface area (Å²) >= 11 is 1.43. The Bertz CT molecular complexity index is 457. The zero-order valence-corrected chi connectivity index (χ0v) is 10.8. The summed E-state index contributed by atoms with van der Waals surface area (Å²) < 4.78 is 0. The number of hydrogen-bond acceptors (Lipinski definition) is 6. The second-order valence-electron chi connectivity index (χ2n) is 3.74. The molecule has 0 aromatic carbocycles. The number of carbonyl (C=O) groups is 1. The van der Waals surface area contributed by atoms with E-state index < -0.39 is 0 Å². The molecule has 1 aromatic heterocycles. The number of hydrazone groups is 1. The molecule has 0 unspecified atom stereocenters. The standard InChI is InChI=1S/C10H14N6OS/c1-8(13-14-10-12-3-6-18-10)9(11)16-5-2-4-15(16)7-17/h3,6-7,11H,2,4-5H2,1H3,(H,12,14). The molecule has 0 spiro atoms. The molecule has 1 aliphatic heterocycles. The van der Waals surface area contributed by atoms with Gasteiger partial charge in [0, 0.05) is 24.7 Å². The number of aromatic nitrogens is 1. The first-order valence-electron chi connectivity index (χ1n) is 5.50. The minimum atomic E-state index is 0.226. The third-order valence-electron chi connectivity index (χ3n) is 2.54. The lowest BCUT2D eigenvalue weighted by Gasteiger charge is -2.25. The van der Waals surface area contributed by atoms with Gasteiger partial charge in [-0.3, -0.25) is 25.6 Å². The third-order valence-corrected chi connectivity index (χ3v) is 3.22. The summed E-state index contributed by atoms with van der Waals surface area (Å²) in [5, 5.41) is 17.7. The van der Waals surface area contributed by atoms with Crippen LogP contribution in [0.15, 0.2) is 16.7 Å². The van der Waals surface area contributed by atoms with Crippen LogP contribution in [0.2, 0.25) is 0 Å². The summed E-state index contributed by atoms with van der Waals surface area (Å²) in [6.45, 7) is 3.05. The lowest BCUT2D eigenvalue weighted by Crippen LogP contribution is -2.43. The van der Waals surface area contributed by atoms with Crippen LogP contribution in [-0.4, -0.2) is 46.0 Å². The summed E-state index contributed by atoms with van der Waals surface area (Å²) in [6, 6.07) is 0. The quantitative estimate of drug-likeness (QED) is 0.368. The largest absolute Gasteiger partial charge is 0.282 e. The fourth-order valence-corrected chi connectivity index (χ4v) is 2.10. The number of thiazole rings is 1. The molecule has 96 valence electrons. The molecular formula is C10H14N6OS. The Morgan fingerprint density at radius 2 is 2.50 bits per heavy atom. The summed E-state index contributed by atoms with van der Waals surface area (Å²) in [5.74, 6) is 0.226. The predicted molar refractivity (Wildman–Crippen MR) is 70.7 cm³/mol. The fraction of sp³-hybridized carbons (Fsp3) is 0.400. The van der Waals surface area contributed by atoms with Crippen molar-refractivity contribution >= 4 is 34.4 Å². The molecule has 0 radical (unpaired) electrons. The first-order chi connectivity index (χ1) is 8.72. The summed E-state index contributed by atoms with van der Waals surface area (Å²) in [6.07, 6.45) is 3.29. The maximum atomic E-state index is 10.8. The van der Waals surface area contributed by atoms with Crippen LogP contribution in [0.1, 0.15) is 13.3 Å². The highest BCUT2D eigenvalue weighted by molar-refractivity contribution is 7.13. The highest BCUT2D eigenvalue weighted by Gasteiger charge is 2.24. The van der Waals surface area contributed by atoms with Gasteiger partial charge < -0.3 is 0 Å². The average molecular weight is 266 g/mol. The molecule has 0 bridgehead atoms. The third kappa shape index (κ3) is 2.65. The van der Waals surface area contributed by atoms with Crippen molar-refractivity contribution < 1.29 is 4.79 Å². The van der Waals surface area contributed by atoms with Crippen molar-refractivity contribution in [2.45, 2.75) is 13.3 Å². The van der Waals surface area contributed by atoms with E-state index in [1.54, 1.807) is 18.1 Å². The number of nitrogens with one attached hydrogen (secondary N) is 2. The van der Waals surface area contributed by atoms with Crippen LogP contribution in [0.3, 0.4) is 0 Å². The SMILES string of the molecule is CC(=NNc1nccs1)C(=N)N1CCCN1C=O. The average Bonchev–Trinajstić information content (AvgIpc) is 3.05. The molecule has 2 rings (SSSR count). The molecule has 0 saturated carbocycles. The summed E-state index contributed by atoms with van der Waals surface area (Å²) in [4.78, 5) is 14.8. The fourth-order valence-electron chi connectivity index (χ4n) is 1.63. The van der Waals surface area contributed by atoms with Gasteiger partial charge in [-0.1, -0.05) is 0 Å². The van der Waals surface area contributed by atoms with Crippen molar-refractivity contribution in [3.63, 3.8) is 0 Å². The highest BCUT2D eigenvalue weighted by Crippen LogP contribution is 2.11. The van der Waals surface area contributed by atoms with Crippen molar-refractivity contribution in [2.24, 2.45) is 5.10 Å². The van der Waals surface area contributed by atoms with Crippen molar-refractivity contribution in [2.75, 3.05) is 18.5 Å². The van der Waals surface area contributed by atoms with E-state index in [0.29, 0.717) is 23.9 Å². The molecule has 2 N–H and O–H groups in total. The Morgan fingerprint density at radius 1 is 1.67 bits per heavy atom. The van der Waals surface area contributed by atoms with Gasteiger partial charge in [0.05, 0.1) is 0 Å². The summed E-state index contributed by atoms with van der Waals surface area (Å²) in [5.41, 5.74) is 3.30. The van der Waals surface area contributed by atoms with Crippen molar-refractivity contribution in [1.29, 1.82) is 5.41 Å². The van der Waals surface area contributed by atoms with Gasteiger partial charge >= 0.3 is 0 Å². The van der Waals surface area contributed by atoms with E-state index in [-0.39, 0.29) is 5.84 Å². The van der Waals surface area contributed by atoms with E-state index in [9.17, 15) is 4.79 Å². The monoisotopic (exact) mass is 266 g/mol. The number of nitrogens with zero attached hydrogens (tertiary/aromatic N) is 4. The zero-order chi connectivity index (χ0) is 13.0. The zero-order valence-electron chi connectivity index (χ0n) is 9.96. The topological polar surface area (TPSA) is 84.7 Å². The Balaban J connectivity index is 1.99. The lowest BCUT2D eigenvalue weighted by molar-refractivity contribution is -0.124. The van der Waals surface area contributed by atoms with E-state index in [4.69, 9.17) is 5.41 Å². The minimum Gasteiger partial charge on any atom is -0.282 e. The molecule has 7 nitrogen and oxygen atoms in total. The van der Waals surface area contributed by atoms with Gasteiger partial charge in [0.1, 0.15) is 5.71 Å². The molecule has 18 heavy (non-hydrogen) atoms. The molecule has 8 heteroatoms. The first kappa shape index (κ1) is 12.5. The molecule has 1 aliphatic rings. The van der Waals surface area contributed by atoms with Crippen molar-refractivity contribution in [3.05, 3.63) is 11.6 Å². The smallest absolute Gasteiger partial charge is 0.228 e. The van der Waals surface area contributed by atoms with Crippen molar-refractivity contribution in [3.8, 4) is 0 Å². The molecule has 1 aromatic rings. The Kier molecular flexibility index (Phi) is 3.88. The highest BCUT2D eigenvalue weighted by atomic mass is 32.1. The van der Waals surface area contributed by atoms with Crippen LogP contribution >= 0.6 is 11.3 Å². The van der Waals surface area contributed by atoms with Crippen LogP contribution in [0.5, 0.6) is 0 Å². The van der Waals surface area contributed by atoms with Gasteiger partial charge in [-0.15, -0.1) is 11.3 Å². The number of rotatable bonds is 4. The van der Waals surface area contributed by atoms with E-state index in [2.05, 4.69) is 15.5 Å². The Hall–Kier alpha value is -1.96. The van der Waals surface area contributed by atoms with Gasteiger partial charge in [-0.25, -0.2) is 4.98 Å². The lowest BCUT2D eigenvalue weighted by atomic mass is 10.3. The van der Waals surface area contributed by atoms with Gasteiger partial charge in [0.25, 0.3) is 0 Å². The number of amidine groups is 1. The van der Waals surface area contributed by atoms with Crippen LogP contribution in [0.4, 0.5) is 5.13 Å². The van der Waals surface area contributed by atoms with E-state index in [1.165, 1.54) is 16.3 Å². The van der Waals surface area contributed by atoms with Crippen LogP contribution in [0, 0.1) is 5.41 Å². The molecular weight excluding hydrogens is 252 g/mol. The van der Waals surface area contributed by atoms with Gasteiger partial charge in [-0.05, 0) is 13.3 Å². The number of hydrogen-bond donors (Lipinski definition) is 2. The minimum absolute atomic E-state index is 0.226. The molecule has 1 saturated heterocycles. The molecule has 1 amide bonds. The van der Waals surface area contributed by atoms with Crippen LogP contribution in [0.25, 0.3) is 0 Å². The van der Waals surface area contributed by atoms with Crippen LogP contribution < -0.4 is 5.43 Å². The maximum Gasteiger partial charge on any atom is 0.228 e. The van der Waals surface area contributed by atoms with E-state index in [0.717, 1.165) is 12.8 Å². The first-order valence-corrected chi connectivity index (χ1v) is 6.38. The number of anilines is 1. The van der Waals surface area contributed by atoms with E-state index in [1.807, 2.05) is 5.38 Å². The maximum absolute atomic E-state index is 10.8. The van der Waals surface area contributed by atoms with Gasteiger partial charge in [0.2, 0.25) is 11.5 Å². The molecule has 2 heterocycles. The number of amides is 1. The summed E-state index contributed by atoms with van der Waals surface area (Å²) in [7, 11) is 0. The molecule has 0 atom stereocenters. The molecule has 1 fully saturated rings. The van der Waals surface area contributed by atoms with Crippen molar-refractivity contribution in [1.82, 2.24) is 15.0 Å². The second-order valence-corrected chi connectivity index (χ2v) is 4.63. The Morgan fingerprint density at radius 3 is 3.17 bits per heavy atom. The van der Waals surface area contributed by atoms with E-state index >= 15 is 0 Å². The number of carbonyl (C=O) groups excluding carboxylic acids is 1. The normalized spacial score (nSPS) is 15.9. The Labute approximate surface area is 109 Å². The van der Waals surface area contributed by atoms with Gasteiger partial charge in [-0.2, -0.15) is 5.10 Å². The second kappa shape index (κ2) is 5.58. The van der Waals surface area contributed by atoms with Crippen LogP contribution in [-0.2, 0) is 4.79 Å². The predicted octanol–water partition coefficient (Wildman–Crippen LogP) is 0.987. The van der Waals surface area contributed by atoms with Gasteiger partial charge in [0.15, 0.2) is 5.84 Å².